The van der Waals surface area contributed by atoms with Gasteiger partial charge < -0.3 is 24.8 Å². The third kappa shape index (κ3) is 11.8. The van der Waals surface area contributed by atoms with Crippen LogP contribution in [0.15, 0.2) is 108 Å². The topological polar surface area (TPSA) is 0 Å². The second kappa shape index (κ2) is 18.7. The molecule has 5 aromatic rings. The molecule has 0 bridgehead atoms. The van der Waals surface area contributed by atoms with Gasteiger partial charge in [0.1, 0.15) is 0 Å². The second-order valence-electron chi connectivity index (χ2n) is 17.2. The molecular formula is C49H60Cl2Zr-2. The summed E-state index contributed by atoms with van der Waals surface area (Å²) in [7, 11) is 0. The molecule has 3 heteroatoms. The van der Waals surface area contributed by atoms with Gasteiger partial charge in [0.2, 0.25) is 0 Å². The van der Waals surface area contributed by atoms with Crippen molar-refractivity contribution in [2.24, 2.45) is 11.3 Å². The fraction of sp³-hybridized carbons (Fsp3) is 0.388. The fourth-order valence-electron chi connectivity index (χ4n) is 6.40. The van der Waals surface area contributed by atoms with Gasteiger partial charge >= 0.3 is 112 Å². The Morgan fingerprint density at radius 2 is 1.02 bits per heavy atom. The van der Waals surface area contributed by atoms with Gasteiger partial charge in [-0.3, -0.25) is 6.08 Å². The largest absolute Gasteiger partial charge is 1.00 e. The summed E-state index contributed by atoms with van der Waals surface area (Å²) in [6.07, 6.45) is 8.28. The SMILES string of the molecule is CC(C)(C)c1ccc2[cH-]c3ccc(C(C)(C)C)cc3c2c1.CCC1=[C-]C(CC)C=C1C(C)(C)C.Cc1ccc([C](=[Zr+2])c2ccc(C)cc2)cc1.[Cl-].[Cl-]. The molecule has 6 rings (SSSR count). The predicted molar refractivity (Wildman–Crippen MR) is 218 cm³/mol. The Labute approximate surface area is 344 Å². The molecule has 0 heterocycles. The van der Waals surface area contributed by atoms with Crippen molar-refractivity contribution >= 4 is 24.8 Å². The molecule has 0 fully saturated rings. The molecule has 1 atom stereocenters. The Morgan fingerprint density at radius 3 is 1.33 bits per heavy atom. The van der Waals surface area contributed by atoms with E-state index < -0.39 is 0 Å². The monoisotopic (exact) mass is 808 g/mol. The normalized spacial score (nSPS) is 14.2. The minimum absolute atomic E-state index is 0. The zero-order valence-corrected chi connectivity index (χ0v) is 38.0. The van der Waals surface area contributed by atoms with Gasteiger partial charge in [-0.1, -0.05) is 136 Å². The van der Waals surface area contributed by atoms with Crippen LogP contribution in [0.1, 0.15) is 122 Å². The van der Waals surface area contributed by atoms with Crippen molar-refractivity contribution in [3.05, 3.63) is 148 Å². The van der Waals surface area contributed by atoms with E-state index >= 15 is 0 Å². The molecule has 0 saturated heterocycles. The predicted octanol–water partition coefficient (Wildman–Crippen LogP) is 7.87. The van der Waals surface area contributed by atoms with E-state index in [2.05, 4.69) is 193 Å². The molecule has 5 aromatic carbocycles. The average molecular weight is 811 g/mol. The molecule has 0 spiro atoms. The van der Waals surface area contributed by atoms with Gasteiger partial charge in [0.15, 0.2) is 0 Å². The van der Waals surface area contributed by atoms with Crippen LogP contribution in [0.2, 0.25) is 0 Å². The van der Waals surface area contributed by atoms with Gasteiger partial charge in [0.05, 0.1) is 0 Å². The minimum atomic E-state index is 0. The number of benzene rings is 4. The maximum atomic E-state index is 3.57. The van der Waals surface area contributed by atoms with E-state index in [-0.39, 0.29) is 35.6 Å². The van der Waals surface area contributed by atoms with Crippen LogP contribution in [0.4, 0.5) is 0 Å². The first-order chi connectivity index (χ1) is 23.3. The quantitative estimate of drug-likeness (QED) is 0.162. The summed E-state index contributed by atoms with van der Waals surface area (Å²) >= 11 is 1.46. The van der Waals surface area contributed by atoms with E-state index in [1.807, 2.05) is 0 Å². The summed E-state index contributed by atoms with van der Waals surface area (Å²) < 4.78 is 1.42. The van der Waals surface area contributed by atoms with Crippen molar-refractivity contribution in [3.63, 3.8) is 0 Å². The van der Waals surface area contributed by atoms with Crippen molar-refractivity contribution in [1.29, 1.82) is 0 Å². The van der Waals surface area contributed by atoms with Gasteiger partial charge in [-0.05, 0) is 10.8 Å². The number of allylic oxidation sites excluding steroid dienone is 4. The molecule has 0 saturated carbocycles. The summed E-state index contributed by atoms with van der Waals surface area (Å²) in [5, 5.41) is 5.49. The van der Waals surface area contributed by atoms with Crippen molar-refractivity contribution in [2.45, 2.75) is 114 Å². The smallest absolute Gasteiger partial charge is 1.00 e. The molecule has 0 radical (unpaired) electrons. The summed E-state index contributed by atoms with van der Waals surface area (Å²) in [5.41, 5.74) is 11.8. The minimum Gasteiger partial charge on any atom is -1.00 e. The molecule has 0 N–H and O–H groups in total. The maximum absolute atomic E-state index is 3.57. The first-order valence-corrected chi connectivity index (χ1v) is 19.8. The van der Waals surface area contributed by atoms with Crippen LogP contribution >= 0.6 is 0 Å². The average Bonchev–Trinajstić information content (AvgIpc) is 3.66. The van der Waals surface area contributed by atoms with Gasteiger partial charge in [-0.2, -0.15) is 11.6 Å². The number of fused-ring (bicyclic) bond motifs is 3. The van der Waals surface area contributed by atoms with Gasteiger partial charge in [-0.25, -0.2) is 5.57 Å². The van der Waals surface area contributed by atoms with Crippen LogP contribution in [0, 0.1) is 31.3 Å². The first-order valence-electron chi connectivity index (χ1n) is 18.5. The molecule has 0 amide bonds. The van der Waals surface area contributed by atoms with Crippen LogP contribution in [0.5, 0.6) is 0 Å². The van der Waals surface area contributed by atoms with Crippen molar-refractivity contribution < 1.29 is 49.0 Å². The van der Waals surface area contributed by atoms with Crippen molar-refractivity contribution in [2.75, 3.05) is 0 Å². The molecule has 52 heavy (non-hydrogen) atoms. The molecule has 0 aliphatic heterocycles. The third-order valence-corrected chi connectivity index (χ3v) is 11.2. The molecular weight excluding hydrogens is 751 g/mol. The Balaban J connectivity index is 0.000000273. The molecule has 0 nitrogen and oxygen atoms in total. The molecule has 1 unspecified atom stereocenters. The van der Waals surface area contributed by atoms with Crippen LogP contribution in [-0.4, -0.2) is 3.21 Å². The summed E-state index contributed by atoms with van der Waals surface area (Å²) in [5.74, 6) is 0.573. The van der Waals surface area contributed by atoms with E-state index in [1.54, 1.807) is 0 Å². The zero-order chi connectivity index (χ0) is 37.0. The summed E-state index contributed by atoms with van der Waals surface area (Å²) in [6.45, 7) is 29.2. The Morgan fingerprint density at radius 1 is 0.615 bits per heavy atom. The van der Waals surface area contributed by atoms with Crippen molar-refractivity contribution in [1.82, 2.24) is 0 Å². The van der Waals surface area contributed by atoms with Crippen LogP contribution in [-0.2, 0) is 35.1 Å². The van der Waals surface area contributed by atoms with Gasteiger partial charge in [0, 0.05) is 0 Å². The van der Waals surface area contributed by atoms with E-state index in [0.717, 1.165) is 6.42 Å². The Bertz CT molecular complexity index is 1860. The maximum Gasteiger partial charge on any atom is -1.00 e. The van der Waals surface area contributed by atoms with Crippen LogP contribution in [0.3, 0.4) is 0 Å². The Kier molecular flexibility index (Phi) is 16.5. The van der Waals surface area contributed by atoms with Crippen molar-refractivity contribution in [3.8, 4) is 0 Å². The second-order valence-corrected chi connectivity index (χ2v) is 18.4. The van der Waals surface area contributed by atoms with E-state index in [9.17, 15) is 0 Å². The summed E-state index contributed by atoms with van der Waals surface area (Å²) in [4.78, 5) is 0. The third-order valence-electron chi connectivity index (χ3n) is 9.77. The number of hydrogen-bond donors (Lipinski definition) is 0. The van der Waals surface area contributed by atoms with Gasteiger partial charge in [0.25, 0.3) is 0 Å². The number of aryl methyl sites for hydroxylation is 2. The van der Waals surface area contributed by atoms with E-state index in [0.29, 0.717) is 11.3 Å². The molecule has 1 aliphatic rings. The van der Waals surface area contributed by atoms with Crippen LogP contribution in [0.25, 0.3) is 21.5 Å². The zero-order valence-electron chi connectivity index (χ0n) is 34.0. The molecule has 276 valence electrons. The van der Waals surface area contributed by atoms with Crippen LogP contribution < -0.4 is 24.8 Å². The summed E-state index contributed by atoms with van der Waals surface area (Å²) in [6, 6.07) is 33.7. The molecule has 1 aliphatic carbocycles. The number of hydrogen-bond acceptors (Lipinski definition) is 0. The number of rotatable bonds is 4. The molecule has 0 aromatic heterocycles. The first kappa shape index (κ1) is 45.7. The fourth-order valence-corrected chi connectivity index (χ4v) is 7.22. The number of halogens is 2. The van der Waals surface area contributed by atoms with E-state index in [4.69, 9.17) is 0 Å². The standard InChI is InChI=1S/C21H25.C15H14.C13H21.2ClH.Zr/c1-20(2,3)16-9-7-14-11-15-8-10-17(21(4,5)6)13-19(15)18(14)12-16;1-12-3-7-14(8-4-12)11-15-9-5-13(2)6-10-15;1-6-10-8-11(7-2)12(9-10)13(3,4)5;;;/h7-13H,1-6H3;3-10H,1-2H3;9-10H,6-7H2,1-5H3;2*1H;/q-1;;-1;;;+2/p-2. The van der Waals surface area contributed by atoms with Gasteiger partial charge in [-0.15, -0.1) is 39.7 Å². The van der Waals surface area contributed by atoms with E-state index in [1.165, 1.54) is 99.9 Å². The Hall–Kier alpha value is -2.44.